The fourth-order valence-corrected chi connectivity index (χ4v) is 3.03. The van der Waals surface area contributed by atoms with E-state index >= 15 is 0 Å². The summed E-state index contributed by atoms with van der Waals surface area (Å²) in [7, 11) is 0. The fourth-order valence-electron chi connectivity index (χ4n) is 3.03. The van der Waals surface area contributed by atoms with Crippen molar-refractivity contribution in [2.45, 2.75) is 45.1 Å². The molecule has 3 rings (SSSR count). The summed E-state index contributed by atoms with van der Waals surface area (Å²) in [6.45, 7) is 2.28. The number of nitrogens with one attached hydrogen (secondary N) is 1. The summed E-state index contributed by atoms with van der Waals surface area (Å²) in [5.41, 5.74) is 6.70. The van der Waals surface area contributed by atoms with Gasteiger partial charge in [0, 0.05) is 18.4 Å². The van der Waals surface area contributed by atoms with Gasteiger partial charge in [0.15, 0.2) is 11.5 Å². The van der Waals surface area contributed by atoms with Crippen molar-refractivity contribution in [3.63, 3.8) is 0 Å². The Morgan fingerprint density at radius 2 is 2.37 bits per heavy atom. The van der Waals surface area contributed by atoms with Gasteiger partial charge >= 0.3 is 0 Å². The maximum Gasteiger partial charge on any atom is 0.180 e. The van der Waals surface area contributed by atoms with Crippen molar-refractivity contribution in [2.75, 3.05) is 11.1 Å². The number of rotatable bonds is 3. The first-order valence-corrected chi connectivity index (χ1v) is 7.12. The molecule has 0 spiro atoms. The summed E-state index contributed by atoms with van der Waals surface area (Å²) >= 11 is 0. The van der Waals surface area contributed by atoms with Crippen molar-refractivity contribution < 1.29 is 0 Å². The highest BCUT2D eigenvalue weighted by atomic mass is 15.1. The molecule has 2 aromatic rings. The largest absolute Gasteiger partial charge is 0.382 e. The van der Waals surface area contributed by atoms with Crippen LogP contribution >= 0.6 is 0 Å². The lowest BCUT2D eigenvalue weighted by Crippen LogP contribution is -2.27. The second-order valence-corrected chi connectivity index (χ2v) is 5.45. The zero-order valence-electron chi connectivity index (χ0n) is 11.3. The second kappa shape index (κ2) is 5.07. The van der Waals surface area contributed by atoms with Gasteiger partial charge < -0.3 is 15.5 Å². The van der Waals surface area contributed by atoms with Gasteiger partial charge in [0.05, 0.1) is 6.20 Å². The van der Waals surface area contributed by atoms with Gasteiger partial charge in [0.1, 0.15) is 5.82 Å². The van der Waals surface area contributed by atoms with E-state index in [9.17, 15) is 0 Å². The first-order valence-electron chi connectivity index (χ1n) is 7.12. The predicted octanol–water partition coefficient (Wildman–Crippen LogP) is 2.69. The lowest BCUT2D eigenvalue weighted by molar-refractivity contribution is 0.327. The van der Waals surface area contributed by atoms with Gasteiger partial charge in [-0.05, 0) is 18.8 Å². The number of aromatic nitrogens is 3. The molecule has 3 N–H and O–H groups in total. The Kier molecular flexibility index (Phi) is 3.27. The third-order valence-corrected chi connectivity index (χ3v) is 4.09. The third kappa shape index (κ3) is 2.50. The molecule has 0 aliphatic heterocycles. The molecule has 5 heteroatoms. The van der Waals surface area contributed by atoms with E-state index in [4.69, 9.17) is 5.73 Å². The van der Waals surface area contributed by atoms with Crippen molar-refractivity contribution in [3.05, 3.63) is 18.6 Å². The lowest BCUT2D eigenvalue weighted by atomic mass is 9.84. The van der Waals surface area contributed by atoms with Gasteiger partial charge in [-0.25, -0.2) is 9.97 Å². The molecule has 102 valence electrons. The van der Waals surface area contributed by atoms with E-state index in [0.29, 0.717) is 11.9 Å². The molecule has 2 aromatic heterocycles. The van der Waals surface area contributed by atoms with Crippen molar-refractivity contribution in [3.8, 4) is 0 Å². The SMILES string of the molecule is CCC1CCCC(Nc2nc(N)cn3ccnc23)C1. The Morgan fingerprint density at radius 1 is 1.47 bits per heavy atom. The van der Waals surface area contributed by atoms with Crippen LogP contribution in [-0.4, -0.2) is 20.4 Å². The number of imidazole rings is 1. The summed E-state index contributed by atoms with van der Waals surface area (Å²) in [4.78, 5) is 8.75. The molecule has 19 heavy (non-hydrogen) atoms. The average molecular weight is 259 g/mol. The highest BCUT2D eigenvalue weighted by Crippen LogP contribution is 2.29. The summed E-state index contributed by atoms with van der Waals surface area (Å²) < 4.78 is 1.92. The maximum absolute atomic E-state index is 5.84. The van der Waals surface area contributed by atoms with Gasteiger partial charge in [-0.3, -0.25) is 0 Å². The first kappa shape index (κ1) is 12.3. The Labute approximate surface area is 113 Å². The molecule has 1 fully saturated rings. The fraction of sp³-hybridized carbons (Fsp3) is 0.571. The van der Waals surface area contributed by atoms with Crippen LogP contribution in [0.3, 0.4) is 0 Å². The number of nitrogens with zero attached hydrogens (tertiary/aromatic N) is 3. The normalized spacial score (nSPS) is 23.6. The van der Waals surface area contributed by atoms with E-state index in [1.807, 2.05) is 10.6 Å². The van der Waals surface area contributed by atoms with Gasteiger partial charge in [0.25, 0.3) is 0 Å². The van der Waals surface area contributed by atoms with Crippen molar-refractivity contribution >= 4 is 17.3 Å². The molecule has 0 aromatic carbocycles. The van der Waals surface area contributed by atoms with E-state index < -0.39 is 0 Å². The van der Waals surface area contributed by atoms with Gasteiger partial charge in [-0.15, -0.1) is 0 Å². The molecule has 2 unspecified atom stereocenters. The Morgan fingerprint density at radius 3 is 3.21 bits per heavy atom. The number of nitrogens with two attached hydrogens (primary N) is 1. The molecule has 5 nitrogen and oxygen atoms in total. The zero-order chi connectivity index (χ0) is 13.2. The minimum Gasteiger partial charge on any atom is -0.382 e. The van der Waals surface area contributed by atoms with Crippen LogP contribution in [0.5, 0.6) is 0 Å². The van der Waals surface area contributed by atoms with E-state index in [-0.39, 0.29) is 0 Å². The molecule has 0 amide bonds. The van der Waals surface area contributed by atoms with E-state index in [2.05, 4.69) is 22.2 Å². The van der Waals surface area contributed by atoms with Crippen LogP contribution in [0, 0.1) is 5.92 Å². The van der Waals surface area contributed by atoms with E-state index in [1.54, 1.807) is 12.4 Å². The molecule has 1 saturated carbocycles. The van der Waals surface area contributed by atoms with Gasteiger partial charge in [-0.2, -0.15) is 0 Å². The van der Waals surface area contributed by atoms with Crippen LogP contribution in [0.15, 0.2) is 18.6 Å². The number of hydrogen-bond acceptors (Lipinski definition) is 4. The monoisotopic (exact) mass is 259 g/mol. The molecule has 2 atom stereocenters. The Balaban J connectivity index is 1.82. The molecule has 1 aliphatic carbocycles. The van der Waals surface area contributed by atoms with Crippen molar-refractivity contribution in [2.24, 2.45) is 5.92 Å². The quantitative estimate of drug-likeness (QED) is 0.889. The van der Waals surface area contributed by atoms with E-state index in [0.717, 1.165) is 17.4 Å². The minimum atomic E-state index is 0.494. The highest BCUT2D eigenvalue weighted by Gasteiger charge is 2.21. The topological polar surface area (TPSA) is 68.2 Å². The first-order chi connectivity index (χ1) is 9.26. The molecular weight excluding hydrogens is 238 g/mol. The number of hydrogen-bond donors (Lipinski definition) is 2. The summed E-state index contributed by atoms with van der Waals surface area (Å²) in [5.74, 6) is 2.17. The molecule has 1 aliphatic rings. The van der Waals surface area contributed by atoms with Crippen LogP contribution in [0.1, 0.15) is 39.0 Å². The molecule has 0 saturated heterocycles. The maximum atomic E-state index is 5.84. The van der Waals surface area contributed by atoms with Crippen molar-refractivity contribution in [1.29, 1.82) is 0 Å². The molecule has 0 bridgehead atoms. The number of anilines is 2. The smallest absolute Gasteiger partial charge is 0.180 e. The van der Waals surface area contributed by atoms with Crippen LogP contribution in [0.4, 0.5) is 11.6 Å². The van der Waals surface area contributed by atoms with E-state index in [1.165, 1.54) is 32.1 Å². The third-order valence-electron chi connectivity index (χ3n) is 4.09. The second-order valence-electron chi connectivity index (χ2n) is 5.45. The van der Waals surface area contributed by atoms with Gasteiger partial charge in [-0.1, -0.05) is 26.2 Å². The summed E-state index contributed by atoms with van der Waals surface area (Å²) in [6.07, 6.45) is 11.8. The highest BCUT2D eigenvalue weighted by molar-refractivity contribution is 5.65. The lowest BCUT2D eigenvalue weighted by Gasteiger charge is -2.29. The van der Waals surface area contributed by atoms with Crippen LogP contribution in [0.2, 0.25) is 0 Å². The van der Waals surface area contributed by atoms with Crippen molar-refractivity contribution in [1.82, 2.24) is 14.4 Å². The zero-order valence-corrected chi connectivity index (χ0v) is 11.3. The van der Waals surface area contributed by atoms with Crippen LogP contribution in [0.25, 0.3) is 5.65 Å². The van der Waals surface area contributed by atoms with Gasteiger partial charge in [0.2, 0.25) is 0 Å². The summed E-state index contributed by atoms with van der Waals surface area (Å²) in [6, 6.07) is 0.494. The Hall–Kier alpha value is -1.78. The average Bonchev–Trinajstić information content (AvgIpc) is 2.87. The molecule has 0 radical (unpaired) electrons. The molecular formula is C14H21N5. The Bertz CT molecular complexity index is 562. The predicted molar refractivity (Wildman–Crippen MR) is 77.1 cm³/mol. The minimum absolute atomic E-state index is 0.494. The molecule has 2 heterocycles. The van der Waals surface area contributed by atoms with Crippen LogP contribution < -0.4 is 11.1 Å². The number of nitrogen functional groups attached to an aromatic ring is 1. The number of fused-ring (bicyclic) bond motifs is 1. The standard InChI is InChI=1S/C14H21N5/c1-2-10-4-3-5-11(8-10)17-13-14-16-6-7-19(14)9-12(15)18-13/h6-7,9-11H,2-5,8,15H2,1H3,(H,17,18). The van der Waals surface area contributed by atoms with Crippen LogP contribution in [-0.2, 0) is 0 Å². The summed E-state index contributed by atoms with van der Waals surface area (Å²) in [5, 5.41) is 3.54.